The Hall–Kier alpha value is -2.49. The number of halogens is 3. The second kappa shape index (κ2) is 6.95. The van der Waals surface area contributed by atoms with Gasteiger partial charge in [0.15, 0.2) is 5.13 Å². The molecule has 0 spiro atoms. The van der Waals surface area contributed by atoms with Crippen molar-refractivity contribution in [3.05, 3.63) is 51.7 Å². The first kappa shape index (κ1) is 17.9. The molecule has 1 amide bonds. The first-order valence-electron chi connectivity index (χ1n) is 6.72. The largest absolute Gasteiger partial charge is 0.389 e. The molecule has 2 aromatic rings. The van der Waals surface area contributed by atoms with E-state index in [1.54, 1.807) is 12.1 Å². The normalized spacial score (nSPS) is 11.3. The van der Waals surface area contributed by atoms with Crippen LogP contribution in [0.2, 0.25) is 0 Å². The van der Waals surface area contributed by atoms with Gasteiger partial charge < -0.3 is 0 Å². The van der Waals surface area contributed by atoms with Crippen LogP contribution in [0.1, 0.15) is 22.3 Å². The van der Waals surface area contributed by atoms with Crippen molar-refractivity contribution in [2.24, 2.45) is 0 Å². The summed E-state index contributed by atoms with van der Waals surface area (Å²) in [5, 5.41) is 10.5. The van der Waals surface area contributed by atoms with E-state index in [1.165, 1.54) is 19.2 Å². The summed E-state index contributed by atoms with van der Waals surface area (Å²) in [5.74, 6) is -0.572. The highest BCUT2D eigenvalue weighted by atomic mass is 32.1. The van der Waals surface area contributed by atoms with Gasteiger partial charge in [-0.3, -0.25) is 19.8 Å². The van der Waals surface area contributed by atoms with Gasteiger partial charge in [-0.2, -0.15) is 13.2 Å². The average Bonchev–Trinajstić information content (AvgIpc) is 3.01. The van der Waals surface area contributed by atoms with Crippen molar-refractivity contribution >= 4 is 27.4 Å². The van der Waals surface area contributed by atoms with E-state index < -0.39 is 23.4 Å². The predicted molar refractivity (Wildman–Crippen MR) is 82.3 cm³/mol. The van der Waals surface area contributed by atoms with Gasteiger partial charge in [0.2, 0.25) is 0 Å². The molecule has 1 aromatic heterocycles. The molecule has 0 atom stereocenters. The van der Waals surface area contributed by atoms with Crippen LogP contribution in [0.25, 0.3) is 0 Å². The molecule has 1 heterocycles. The van der Waals surface area contributed by atoms with Crippen LogP contribution in [0, 0.1) is 10.1 Å². The number of thiazole rings is 1. The van der Waals surface area contributed by atoms with E-state index in [0.29, 0.717) is 11.3 Å². The van der Waals surface area contributed by atoms with Crippen LogP contribution in [0.4, 0.5) is 23.3 Å². The van der Waals surface area contributed by atoms with Gasteiger partial charge in [-0.25, -0.2) is 4.98 Å². The number of amides is 1. The summed E-state index contributed by atoms with van der Waals surface area (Å²) in [6.07, 6.45) is -4.65. The van der Waals surface area contributed by atoms with E-state index >= 15 is 0 Å². The van der Waals surface area contributed by atoms with Crippen molar-refractivity contribution in [2.75, 3.05) is 11.9 Å². The lowest BCUT2D eigenvalue weighted by Gasteiger charge is -2.16. The summed E-state index contributed by atoms with van der Waals surface area (Å²) in [5.41, 5.74) is 0.375. The van der Waals surface area contributed by atoms with Crippen molar-refractivity contribution in [3.63, 3.8) is 0 Å². The molecule has 2 rings (SSSR count). The Morgan fingerprint density at radius 2 is 2.04 bits per heavy atom. The number of hydrogen-bond donors (Lipinski definition) is 0. The molecule has 0 saturated heterocycles. The molecule has 0 saturated carbocycles. The van der Waals surface area contributed by atoms with E-state index in [1.807, 2.05) is 0 Å². The molecule has 0 aliphatic heterocycles. The summed E-state index contributed by atoms with van der Waals surface area (Å²) < 4.78 is 37.2. The fourth-order valence-corrected chi connectivity index (χ4v) is 2.68. The van der Waals surface area contributed by atoms with E-state index in [-0.39, 0.29) is 27.7 Å². The maximum atomic E-state index is 12.5. The number of aromatic nitrogens is 1. The number of carbonyl (C=O) groups is 1. The predicted octanol–water partition coefficient (Wildman–Crippen LogP) is 3.82. The number of rotatable bonds is 5. The van der Waals surface area contributed by atoms with Crippen LogP contribution in [-0.2, 0) is 6.42 Å². The third kappa shape index (κ3) is 4.28. The Labute approximate surface area is 138 Å². The van der Waals surface area contributed by atoms with Crippen molar-refractivity contribution in [3.8, 4) is 0 Å². The number of carbonyl (C=O) groups excluding carboxylic acids is 1. The van der Waals surface area contributed by atoms with Gasteiger partial charge in [-0.1, -0.05) is 18.2 Å². The molecule has 0 unspecified atom stereocenters. The molecule has 0 N–H and O–H groups in total. The molecule has 128 valence electrons. The number of nitrogens with zero attached hydrogens (tertiary/aromatic N) is 3. The van der Waals surface area contributed by atoms with Crippen LogP contribution in [-0.4, -0.2) is 29.0 Å². The minimum Gasteiger partial charge on any atom is -0.287 e. The summed E-state index contributed by atoms with van der Waals surface area (Å²) in [7, 11) is 1.37. The molecule has 0 fully saturated rings. The molecular weight excluding hydrogens is 347 g/mol. The zero-order chi connectivity index (χ0) is 17.9. The first-order chi connectivity index (χ1) is 11.2. The van der Waals surface area contributed by atoms with Crippen molar-refractivity contribution in [2.45, 2.75) is 19.0 Å². The van der Waals surface area contributed by atoms with Crippen molar-refractivity contribution in [1.29, 1.82) is 0 Å². The molecule has 6 nitrogen and oxygen atoms in total. The fraction of sp³-hybridized carbons (Fsp3) is 0.286. The summed E-state index contributed by atoms with van der Waals surface area (Å²) in [4.78, 5) is 27.4. The lowest BCUT2D eigenvalue weighted by Crippen LogP contribution is -2.27. The Morgan fingerprint density at radius 1 is 1.38 bits per heavy atom. The van der Waals surface area contributed by atoms with E-state index in [9.17, 15) is 28.1 Å². The zero-order valence-electron chi connectivity index (χ0n) is 12.4. The fourth-order valence-electron chi connectivity index (χ4n) is 1.99. The summed E-state index contributed by atoms with van der Waals surface area (Å²) in [6.45, 7) is 0. The lowest BCUT2D eigenvalue weighted by molar-refractivity contribution is -0.380. The number of alkyl halides is 3. The standard InChI is InChI=1S/C14H12F3N3O3S/c1-19(13-18-8-11(24-13)20(22)23)12(21)10-5-3-2-4-9(10)6-7-14(15,16)17/h2-5,8H,6-7H2,1H3. The Morgan fingerprint density at radius 3 is 2.62 bits per heavy atom. The Kier molecular flexibility index (Phi) is 5.17. The summed E-state index contributed by atoms with van der Waals surface area (Å²) in [6, 6.07) is 5.98. The highest BCUT2D eigenvalue weighted by molar-refractivity contribution is 7.18. The maximum absolute atomic E-state index is 12.5. The van der Waals surface area contributed by atoms with Crippen LogP contribution in [0.5, 0.6) is 0 Å². The van der Waals surface area contributed by atoms with Gasteiger partial charge in [0.1, 0.15) is 6.20 Å². The minimum atomic E-state index is -4.32. The third-order valence-corrected chi connectivity index (χ3v) is 4.20. The van der Waals surface area contributed by atoms with Crippen LogP contribution in [0.3, 0.4) is 0 Å². The number of benzene rings is 1. The monoisotopic (exact) mass is 359 g/mol. The van der Waals surface area contributed by atoms with E-state index in [4.69, 9.17) is 0 Å². The minimum absolute atomic E-state index is 0.0947. The highest BCUT2D eigenvalue weighted by Crippen LogP contribution is 2.29. The maximum Gasteiger partial charge on any atom is 0.389 e. The SMILES string of the molecule is CN(C(=O)c1ccccc1CCC(F)(F)F)c1ncc([N+](=O)[O-])s1. The second-order valence-corrected chi connectivity index (χ2v) is 5.86. The number of aryl methyl sites for hydroxylation is 1. The van der Waals surface area contributed by atoms with Crippen LogP contribution < -0.4 is 4.90 Å². The van der Waals surface area contributed by atoms with Crippen molar-refractivity contribution in [1.82, 2.24) is 4.98 Å². The van der Waals surface area contributed by atoms with Gasteiger partial charge in [-0.15, -0.1) is 0 Å². The molecule has 0 bridgehead atoms. The zero-order valence-corrected chi connectivity index (χ0v) is 13.2. The quantitative estimate of drug-likeness (QED) is 0.601. The Bertz CT molecular complexity index is 761. The second-order valence-electron chi connectivity index (χ2n) is 4.87. The smallest absolute Gasteiger partial charge is 0.287 e. The van der Waals surface area contributed by atoms with Gasteiger partial charge in [0.25, 0.3) is 5.91 Å². The molecule has 0 radical (unpaired) electrons. The number of nitro groups is 1. The summed E-state index contributed by atoms with van der Waals surface area (Å²) >= 11 is 0.710. The Balaban J connectivity index is 2.23. The first-order valence-corrected chi connectivity index (χ1v) is 7.53. The number of anilines is 1. The average molecular weight is 359 g/mol. The molecular formula is C14H12F3N3O3S. The highest BCUT2D eigenvalue weighted by Gasteiger charge is 2.28. The molecule has 0 aliphatic rings. The topological polar surface area (TPSA) is 76.3 Å². The molecule has 0 aliphatic carbocycles. The van der Waals surface area contributed by atoms with Crippen LogP contribution in [0.15, 0.2) is 30.5 Å². The van der Waals surface area contributed by atoms with Crippen LogP contribution >= 0.6 is 11.3 Å². The van der Waals surface area contributed by atoms with Gasteiger partial charge >= 0.3 is 11.2 Å². The lowest BCUT2D eigenvalue weighted by atomic mass is 10.0. The van der Waals surface area contributed by atoms with Gasteiger partial charge in [0, 0.05) is 19.0 Å². The van der Waals surface area contributed by atoms with E-state index in [2.05, 4.69) is 4.98 Å². The third-order valence-electron chi connectivity index (χ3n) is 3.18. The van der Waals surface area contributed by atoms with E-state index in [0.717, 1.165) is 11.1 Å². The molecule has 24 heavy (non-hydrogen) atoms. The van der Waals surface area contributed by atoms with Gasteiger partial charge in [0.05, 0.1) is 4.92 Å². The van der Waals surface area contributed by atoms with Crippen molar-refractivity contribution < 1.29 is 22.9 Å². The molecule has 10 heteroatoms. The van der Waals surface area contributed by atoms with Gasteiger partial charge in [-0.05, 0) is 29.4 Å². The number of hydrogen-bond acceptors (Lipinski definition) is 5. The molecule has 1 aromatic carbocycles.